The third-order valence-corrected chi connectivity index (χ3v) is 7.17. The Balaban J connectivity index is 2.00. The fraction of sp³-hybridized carbons (Fsp3) is 0.0952. The highest BCUT2D eigenvalue weighted by Gasteiger charge is 2.27. The molecule has 0 N–H and O–H groups in total. The van der Waals surface area contributed by atoms with Gasteiger partial charge in [0.2, 0.25) is 0 Å². The highest BCUT2D eigenvalue weighted by Crippen LogP contribution is 2.46. The van der Waals surface area contributed by atoms with Gasteiger partial charge in [-0.2, -0.15) is 0 Å². The monoisotopic (exact) mass is 334 g/mol. The first-order valence-corrected chi connectivity index (χ1v) is 9.83. The van der Waals surface area contributed by atoms with Crippen molar-refractivity contribution in [3.8, 4) is 0 Å². The summed E-state index contributed by atoms with van der Waals surface area (Å²) in [5, 5.41) is 1.74. The molecule has 0 radical (unpaired) electrons. The van der Waals surface area contributed by atoms with Crippen molar-refractivity contribution in [2.45, 2.75) is 12.6 Å². The number of hydrogen-bond acceptors (Lipinski definition) is 2. The average Bonchev–Trinajstić information content (AvgIpc) is 2.65. The molecule has 0 aliphatic rings. The van der Waals surface area contributed by atoms with E-state index < -0.39 is 7.14 Å². The van der Waals surface area contributed by atoms with E-state index in [1.54, 1.807) is 0 Å². The van der Waals surface area contributed by atoms with Gasteiger partial charge in [0.15, 0.2) is 0 Å². The van der Waals surface area contributed by atoms with E-state index in [9.17, 15) is 9.36 Å². The molecule has 0 unspecified atom stereocenters. The topological polar surface area (TPSA) is 34.1 Å². The highest BCUT2D eigenvalue weighted by atomic mass is 31.2. The lowest BCUT2D eigenvalue weighted by atomic mass is 10.1. The maximum absolute atomic E-state index is 13.9. The quantitative estimate of drug-likeness (QED) is 0.505. The summed E-state index contributed by atoms with van der Waals surface area (Å²) in [6.07, 6.45) is 1.78. The van der Waals surface area contributed by atoms with Crippen LogP contribution >= 0.6 is 7.14 Å². The van der Waals surface area contributed by atoms with Gasteiger partial charge in [0.05, 0.1) is 0 Å². The maximum Gasteiger partial charge on any atom is 0.147 e. The number of benzene rings is 3. The second-order valence-corrected chi connectivity index (χ2v) is 8.58. The minimum absolute atomic E-state index is 0.412. The van der Waals surface area contributed by atoms with Gasteiger partial charge in [0, 0.05) is 23.2 Å². The van der Waals surface area contributed by atoms with Crippen LogP contribution in [0.1, 0.15) is 11.1 Å². The van der Waals surface area contributed by atoms with Crippen LogP contribution in [0.4, 0.5) is 0 Å². The molecular formula is C21H19O2P. The summed E-state index contributed by atoms with van der Waals surface area (Å²) in [5.41, 5.74) is 1.99. The van der Waals surface area contributed by atoms with Gasteiger partial charge < -0.3 is 9.36 Å². The van der Waals surface area contributed by atoms with Crippen molar-refractivity contribution in [2.75, 3.05) is 0 Å². The van der Waals surface area contributed by atoms with E-state index in [4.69, 9.17) is 0 Å². The molecular weight excluding hydrogens is 315 g/mol. The first-order chi connectivity index (χ1) is 11.7. The normalized spacial score (nSPS) is 11.2. The number of rotatable bonds is 6. The Kier molecular flexibility index (Phi) is 5.08. The number of hydrogen-bond donors (Lipinski definition) is 0. The molecule has 0 amide bonds. The van der Waals surface area contributed by atoms with E-state index in [1.165, 1.54) is 0 Å². The zero-order valence-corrected chi connectivity index (χ0v) is 14.2. The summed E-state index contributed by atoms with van der Waals surface area (Å²) >= 11 is 0. The molecule has 3 heteroatoms. The second kappa shape index (κ2) is 7.42. The van der Waals surface area contributed by atoms with Crippen LogP contribution in [0.3, 0.4) is 0 Å². The summed E-state index contributed by atoms with van der Waals surface area (Å²) in [5.74, 6) is 0. The zero-order valence-electron chi connectivity index (χ0n) is 13.3. The van der Waals surface area contributed by atoms with Crippen LogP contribution in [0.5, 0.6) is 0 Å². The molecule has 0 bridgehead atoms. The average molecular weight is 334 g/mol. The predicted octanol–water partition coefficient (Wildman–Crippen LogP) is 3.94. The van der Waals surface area contributed by atoms with Crippen molar-refractivity contribution >= 4 is 24.0 Å². The van der Waals surface area contributed by atoms with E-state index in [0.717, 1.165) is 28.0 Å². The molecule has 3 aromatic rings. The fourth-order valence-corrected chi connectivity index (χ4v) is 5.50. The summed E-state index contributed by atoms with van der Waals surface area (Å²) < 4.78 is 13.9. The third kappa shape index (κ3) is 3.55. The highest BCUT2D eigenvalue weighted by molar-refractivity contribution is 7.78. The van der Waals surface area contributed by atoms with E-state index in [-0.39, 0.29) is 0 Å². The van der Waals surface area contributed by atoms with Crippen molar-refractivity contribution in [1.82, 2.24) is 0 Å². The molecule has 24 heavy (non-hydrogen) atoms. The SMILES string of the molecule is O=CCc1ccc(CP(=O)(c2ccccc2)c2ccccc2)cc1. The van der Waals surface area contributed by atoms with E-state index in [1.807, 2.05) is 84.9 Å². The Labute approximate surface area is 142 Å². The van der Waals surface area contributed by atoms with Crippen molar-refractivity contribution in [3.63, 3.8) is 0 Å². The molecule has 0 aromatic heterocycles. The molecule has 3 aromatic carbocycles. The molecule has 3 rings (SSSR count). The van der Waals surface area contributed by atoms with Crippen molar-refractivity contribution in [3.05, 3.63) is 96.1 Å². The van der Waals surface area contributed by atoms with Crippen molar-refractivity contribution in [1.29, 1.82) is 0 Å². The van der Waals surface area contributed by atoms with Crippen LogP contribution in [0, 0.1) is 0 Å². The second-order valence-electron chi connectivity index (χ2n) is 5.76. The summed E-state index contributed by atoms with van der Waals surface area (Å²) in [7, 11) is -2.75. The summed E-state index contributed by atoms with van der Waals surface area (Å²) in [6.45, 7) is 0. The number of aldehydes is 1. The Hall–Kier alpha value is -2.44. The molecule has 0 aliphatic heterocycles. The molecule has 0 saturated heterocycles. The Morgan fingerprint density at radius 3 is 1.58 bits per heavy atom. The first kappa shape index (κ1) is 16.4. The number of carbonyl (C=O) groups is 1. The lowest BCUT2D eigenvalue weighted by molar-refractivity contribution is -0.107. The van der Waals surface area contributed by atoms with Crippen LogP contribution in [-0.4, -0.2) is 6.29 Å². The van der Waals surface area contributed by atoms with Crippen molar-refractivity contribution < 1.29 is 9.36 Å². The zero-order chi connectivity index (χ0) is 16.8. The molecule has 0 saturated carbocycles. The van der Waals surface area contributed by atoms with E-state index in [2.05, 4.69) is 0 Å². The van der Waals surface area contributed by atoms with Gasteiger partial charge in [-0.25, -0.2) is 0 Å². The molecule has 0 spiro atoms. The van der Waals surface area contributed by atoms with Gasteiger partial charge in [0.1, 0.15) is 13.4 Å². The molecule has 120 valence electrons. The van der Waals surface area contributed by atoms with Crippen molar-refractivity contribution in [2.24, 2.45) is 0 Å². The lowest BCUT2D eigenvalue weighted by Crippen LogP contribution is -2.17. The predicted molar refractivity (Wildman–Crippen MR) is 99.7 cm³/mol. The summed E-state index contributed by atoms with van der Waals surface area (Å²) in [6, 6.07) is 27.2. The van der Waals surface area contributed by atoms with Gasteiger partial charge >= 0.3 is 0 Å². The fourth-order valence-electron chi connectivity index (χ4n) is 2.80. The molecule has 2 nitrogen and oxygen atoms in total. The van der Waals surface area contributed by atoms with Gasteiger partial charge in [-0.1, -0.05) is 84.9 Å². The standard InChI is InChI=1S/C21H19O2P/c22-16-15-18-11-13-19(14-12-18)17-24(23,20-7-3-1-4-8-20)21-9-5-2-6-10-21/h1-14,16H,15,17H2. The van der Waals surface area contributed by atoms with Gasteiger partial charge in [-0.15, -0.1) is 0 Å². The first-order valence-electron chi connectivity index (χ1n) is 7.94. The largest absolute Gasteiger partial charge is 0.313 e. The van der Waals surface area contributed by atoms with Gasteiger partial charge in [0.25, 0.3) is 0 Å². The lowest BCUT2D eigenvalue weighted by Gasteiger charge is -2.19. The molecule has 0 heterocycles. The smallest absolute Gasteiger partial charge is 0.147 e. The van der Waals surface area contributed by atoms with Gasteiger partial charge in [-0.05, 0) is 11.1 Å². The summed E-state index contributed by atoms with van der Waals surface area (Å²) in [4.78, 5) is 10.6. The van der Waals surface area contributed by atoms with Crippen LogP contribution in [0.25, 0.3) is 0 Å². The van der Waals surface area contributed by atoms with E-state index >= 15 is 0 Å². The minimum atomic E-state index is -2.75. The van der Waals surface area contributed by atoms with Crippen LogP contribution < -0.4 is 10.6 Å². The maximum atomic E-state index is 13.9. The molecule has 0 fully saturated rings. The third-order valence-electron chi connectivity index (χ3n) is 4.09. The Morgan fingerprint density at radius 2 is 1.12 bits per heavy atom. The van der Waals surface area contributed by atoms with Crippen LogP contribution in [0.15, 0.2) is 84.9 Å². The van der Waals surface area contributed by atoms with Crippen LogP contribution in [-0.2, 0) is 21.9 Å². The van der Waals surface area contributed by atoms with E-state index in [0.29, 0.717) is 12.6 Å². The Morgan fingerprint density at radius 1 is 0.667 bits per heavy atom. The Bertz CT molecular complexity index is 797. The van der Waals surface area contributed by atoms with Crippen LogP contribution in [0.2, 0.25) is 0 Å². The molecule has 0 atom stereocenters. The number of carbonyl (C=O) groups excluding carboxylic acids is 1. The minimum Gasteiger partial charge on any atom is -0.313 e. The molecule has 0 aliphatic carbocycles. The van der Waals surface area contributed by atoms with Gasteiger partial charge in [-0.3, -0.25) is 0 Å².